The van der Waals surface area contributed by atoms with E-state index in [9.17, 15) is 9.59 Å². The van der Waals surface area contributed by atoms with Gasteiger partial charge in [-0.1, -0.05) is 0 Å². The molecule has 43 valence electrons. The normalized spacial score (nSPS) is 7.67. The molecule has 0 aromatic heterocycles. The summed E-state index contributed by atoms with van der Waals surface area (Å²) < 4.78 is 0. The van der Waals surface area contributed by atoms with E-state index in [0.717, 1.165) is 22.2 Å². The maximum Gasteiger partial charge on any atom is 0.291 e. The molecule has 7 heteroatoms. The Morgan fingerprint density at radius 3 is 2.78 bits per heavy atom. The molecular weight excluding hydrogens is 116 g/mol. The van der Waals surface area contributed by atoms with Crippen molar-refractivity contribution in [3.63, 3.8) is 0 Å². The van der Waals surface area contributed by atoms with Crippen molar-refractivity contribution in [3.8, 4) is 0 Å². The number of nitrogens with one attached hydrogen (secondary N) is 1. The van der Waals surface area contributed by atoms with Gasteiger partial charge in [-0.2, -0.15) is 0 Å². The number of carbonyl (C=O) groups is 2. The Labute approximate surface area is 55.3 Å². The summed E-state index contributed by atoms with van der Waals surface area (Å²) in [7, 11) is 3.06. The summed E-state index contributed by atoms with van der Waals surface area (Å²) in [6.07, 6.45) is 0.414. The molecule has 0 fully saturated rings. The van der Waals surface area contributed by atoms with Gasteiger partial charge in [0.25, 0.3) is 22.2 Å². The second-order valence-electron chi connectivity index (χ2n) is 1.18. The highest BCUT2D eigenvalue weighted by molar-refractivity contribution is 7.12. The van der Waals surface area contributed by atoms with E-state index >= 15 is 0 Å². The first kappa shape index (κ1) is 8.45. The van der Waals surface area contributed by atoms with Gasteiger partial charge in [0.2, 0.25) is 0 Å². The summed E-state index contributed by atoms with van der Waals surface area (Å²) in [5, 5.41) is 2.32. The molecule has 0 aliphatic carbocycles. The lowest BCUT2D eigenvalue weighted by atomic mass is 9.59. The summed E-state index contributed by atoms with van der Waals surface area (Å²) in [6, 6.07) is 0. The van der Waals surface area contributed by atoms with Gasteiger partial charge in [-0.25, -0.2) is 0 Å². The number of hydrogen-bond acceptors (Lipinski definition) is 4. The van der Waals surface area contributed by atoms with Crippen molar-refractivity contribution in [2.75, 3.05) is 0 Å². The third-order valence-corrected chi connectivity index (χ3v) is 0.554. The van der Waals surface area contributed by atoms with Crippen LogP contribution in [0.1, 0.15) is 0 Å². The Morgan fingerprint density at radius 2 is 2.33 bits per heavy atom. The highest BCUT2D eigenvalue weighted by Crippen LogP contribution is 1.61. The molecule has 3 N–H and O–H groups in total. The largest absolute Gasteiger partial charge is 0.387 e. The van der Waals surface area contributed by atoms with Gasteiger partial charge in [0, 0.05) is 0 Å². The summed E-state index contributed by atoms with van der Waals surface area (Å²) in [5.41, 5.74) is 4.44. The third kappa shape index (κ3) is 5.32. The molecule has 0 saturated carbocycles. The van der Waals surface area contributed by atoms with Crippen molar-refractivity contribution in [3.05, 3.63) is 0 Å². The van der Waals surface area contributed by atoms with Crippen LogP contribution in [0.4, 0.5) is 4.79 Å². The fraction of sp³-hybridized carbons (Fsp3) is 0. The first-order chi connectivity index (χ1) is 4.31. The Bertz CT molecular complexity index is 108. The molecule has 0 saturated heterocycles. The van der Waals surface area contributed by atoms with E-state index in [4.69, 9.17) is 5.64 Å². The SMILES string of the molecule is N[B]N[B]C(=O)[B]C=O. The number of rotatable bonds is 5. The smallest absolute Gasteiger partial charge is 0.291 e. The van der Waals surface area contributed by atoms with Crippen LogP contribution in [0.3, 0.4) is 0 Å². The third-order valence-electron chi connectivity index (χ3n) is 0.554. The standard InChI is InChI=1S/C2H4B3N2O2/c6-5-7-4-2(9)3-1-8/h1,7H,6H2. The summed E-state index contributed by atoms with van der Waals surface area (Å²) in [6.45, 7) is 0. The van der Waals surface area contributed by atoms with E-state index in [0.29, 0.717) is 6.19 Å². The first-order valence-corrected chi connectivity index (χ1v) is 2.26. The predicted octanol–water partition coefficient (Wildman–Crippen LogP) is -2.30. The van der Waals surface area contributed by atoms with Crippen LogP contribution in [0, 0.1) is 0 Å². The van der Waals surface area contributed by atoms with E-state index in [1.165, 1.54) is 0 Å². The van der Waals surface area contributed by atoms with Crippen molar-refractivity contribution in [2.45, 2.75) is 0 Å². The lowest BCUT2D eigenvalue weighted by Crippen LogP contribution is -2.37. The minimum atomic E-state index is -0.410. The number of carbonyl (C=O) groups excluding carboxylic acids is 2. The van der Waals surface area contributed by atoms with Crippen LogP contribution >= 0.6 is 0 Å². The Kier molecular flexibility index (Phi) is 5.25. The van der Waals surface area contributed by atoms with Crippen molar-refractivity contribution < 1.29 is 9.59 Å². The molecule has 0 unspecified atom stereocenters. The van der Waals surface area contributed by atoms with Crippen LogP contribution in [0.15, 0.2) is 0 Å². The van der Waals surface area contributed by atoms with E-state index in [2.05, 4.69) is 5.14 Å². The molecule has 0 aliphatic rings. The monoisotopic (exact) mass is 121 g/mol. The van der Waals surface area contributed by atoms with Crippen LogP contribution in [0.5, 0.6) is 0 Å². The highest BCUT2D eigenvalue weighted by Gasteiger charge is 2.02. The Hall–Kier alpha value is -0.545. The van der Waals surface area contributed by atoms with Crippen molar-refractivity contribution in [2.24, 2.45) is 5.64 Å². The fourth-order valence-corrected chi connectivity index (χ4v) is 0.245. The minimum Gasteiger partial charge on any atom is -0.387 e. The number of hydrogen-bond donors (Lipinski definition) is 2. The van der Waals surface area contributed by atoms with Gasteiger partial charge in [0.05, 0.1) is 11.8 Å². The molecule has 0 spiro atoms. The molecule has 0 aliphatic heterocycles. The second-order valence-corrected chi connectivity index (χ2v) is 1.18. The van der Waals surface area contributed by atoms with Gasteiger partial charge >= 0.3 is 0 Å². The molecule has 9 heavy (non-hydrogen) atoms. The van der Waals surface area contributed by atoms with Crippen LogP contribution in [0.25, 0.3) is 0 Å². The lowest BCUT2D eigenvalue weighted by Gasteiger charge is -1.89. The van der Waals surface area contributed by atoms with Crippen LogP contribution in [0.2, 0.25) is 0 Å². The molecule has 3 radical (unpaired) electrons. The van der Waals surface area contributed by atoms with Gasteiger partial charge < -0.3 is 20.4 Å². The average Bonchev–Trinajstić information content (AvgIpc) is 1.85. The van der Waals surface area contributed by atoms with Crippen molar-refractivity contribution in [1.29, 1.82) is 0 Å². The molecule has 0 aromatic rings. The van der Waals surface area contributed by atoms with Gasteiger partial charge in [-0.3, -0.25) is 0 Å². The molecule has 0 rings (SSSR count). The van der Waals surface area contributed by atoms with Gasteiger partial charge in [0.15, 0.2) is 0 Å². The predicted molar refractivity (Wildman–Crippen MR) is 36.7 cm³/mol. The lowest BCUT2D eigenvalue weighted by molar-refractivity contribution is 0.274. The molecule has 4 nitrogen and oxygen atoms in total. The van der Waals surface area contributed by atoms with Crippen molar-refractivity contribution in [1.82, 2.24) is 5.14 Å². The van der Waals surface area contributed by atoms with Gasteiger partial charge in [-0.15, -0.1) is 0 Å². The van der Waals surface area contributed by atoms with Crippen molar-refractivity contribution >= 4 is 34.0 Å². The molecule has 0 bridgehead atoms. The van der Waals surface area contributed by atoms with E-state index in [1.54, 1.807) is 0 Å². The molecule has 0 atom stereocenters. The summed E-state index contributed by atoms with van der Waals surface area (Å²) >= 11 is 0. The summed E-state index contributed by atoms with van der Waals surface area (Å²) in [5.74, 6) is 0. The zero-order valence-corrected chi connectivity index (χ0v) is 4.70. The zero-order valence-electron chi connectivity index (χ0n) is 4.70. The van der Waals surface area contributed by atoms with Crippen LogP contribution in [-0.4, -0.2) is 34.0 Å². The Morgan fingerprint density at radius 1 is 1.67 bits per heavy atom. The minimum absolute atomic E-state index is 0.410. The van der Waals surface area contributed by atoms with Gasteiger partial charge in [-0.05, 0) is 0 Å². The van der Waals surface area contributed by atoms with Gasteiger partial charge in [0.1, 0.15) is 0 Å². The van der Waals surface area contributed by atoms with E-state index in [-0.39, 0.29) is 0 Å². The molecule has 0 amide bonds. The topological polar surface area (TPSA) is 72.2 Å². The quantitative estimate of drug-likeness (QED) is 0.316. The first-order valence-electron chi connectivity index (χ1n) is 2.26. The molecule has 0 aromatic carbocycles. The maximum atomic E-state index is 10.3. The highest BCUT2D eigenvalue weighted by atomic mass is 16.1. The van der Waals surface area contributed by atoms with E-state index in [1.807, 2.05) is 0 Å². The van der Waals surface area contributed by atoms with Crippen LogP contribution in [-0.2, 0) is 4.79 Å². The molecule has 0 heterocycles. The second kappa shape index (κ2) is 5.59. The maximum absolute atomic E-state index is 10.3. The summed E-state index contributed by atoms with van der Waals surface area (Å²) in [4.78, 5) is 19.9. The number of nitrogens with two attached hydrogens (primary N) is 1. The average molecular weight is 121 g/mol. The molecular formula is C2H4B3N2O2. The van der Waals surface area contributed by atoms with E-state index < -0.39 is 5.58 Å². The Balaban J connectivity index is 3.16. The van der Waals surface area contributed by atoms with Crippen LogP contribution < -0.4 is 10.8 Å². The fourth-order valence-electron chi connectivity index (χ4n) is 0.245. The zero-order chi connectivity index (χ0) is 7.11.